The average Bonchev–Trinajstić information content (AvgIpc) is 3.04. The Hall–Kier alpha value is -1.33. The van der Waals surface area contributed by atoms with Gasteiger partial charge in [0, 0.05) is 31.1 Å². The molecule has 1 saturated carbocycles. The summed E-state index contributed by atoms with van der Waals surface area (Å²) in [5, 5.41) is 28.8. The number of unbranched alkanes of at least 4 members (excludes halogenated alkanes) is 2. The first-order valence-corrected chi connectivity index (χ1v) is 9.13. The van der Waals surface area contributed by atoms with Crippen LogP contribution in [0, 0.1) is 11.8 Å². The van der Waals surface area contributed by atoms with E-state index in [2.05, 4.69) is 6.92 Å². The number of carboxylic acid groups (broad SMARTS) is 1. The zero-order valence-electron chi connectivity index (χ0n) is 14.4. The lowest BCUT2D eigenvalue weighted by Crippen LogP contribution is -2.18. The van der Waals surface area contributed by atoms with Crippen molar-refractivity contribution in [2.24, 2.45) is 11.8 Å². The van der Waals surface area contributed by atoms with Crippen molar-refractivity contribution in [3.05, 3.63) is 24.0 Å². The van der Waals surface area contributed by atoms with Gasteiger partial charge in [-0.05, 0) is 25.3 Å². The SMILES string of the molecule is CCCC[C@H](O)/C=C/[C@@H]1[C@H]2C/C(=C/CCCC(=O)O)O[C@H]2C[C@H]1O. The number of aliphatic hydroxyl groups excluding tert-OH is 2. The minimum absolute atomic E-state index is 0.0243. The topological polar surface area (TPSA) is 87.0 Å². The van der Waals surface area contributed by atoms with E-state index in [1.54, 1.807) is 0 Å². The Balaban J connectivity index is 1.85. The van der Waals surface area contributed by atoms with Crippen LogP contribution < -0.4 is 0 Å². The third-order valence-electron chi connectivity index (χ3n) is 5.01. The molecule has 5 atom stereocenters. The molecule has 24 heavy (non-hydrogen) atoms. The van der Waals surface area contributed by atoms with Gasteiger partial charge in [-0.15, -0.1) is 0 Å². The van der Waals surface area contributed by atoms with Gasteiger partial charge in [0.1, 0.15) is 6.10 Å². The molecule has 0 aromatic heterocycles. The standard InChI is InChI=1S/C19H30O5/c1-2-3-6-13(20)9-10-15-16-11-14(7-4-5-8-19(22)23)24-18(16)12-17(15)21/h7,9-10,13,15-18,20-21H,2-6,8,11-12H2,1H3,(H,22,23)/b10-9+,14-7-/t13-,15+,16+,17+,18-/m0/s1. The molecule has 136 valence electrons. The Bertz CT molecular complexity index is 470. The number of allylic oxidation sites excluding steroid dienone is 2. The highest BCUT2D eigenvalue weighted by atomic mass is 16.5. The van der Waals surface area contributed by atoms with Crippen LogP contribution >= 0.6 is 0 Å². The van der Waals surface area contributed by atoms with Gasteiger partial charge in [0.15, 0.2) is 0 Å². The van der Waals surface area contributed by atoms with Crippen molar-refractivity contribution in [2.45, 2.75) is 76.6 Å². The van der Waals surface area contributed by atoms with Crippen LogP contribution in [0.25, 0.3) is 0 Å². The molecule has 0 unspecified atom stereocenters. The first kappa shape index (κ1) is 19.0. The van der Waals surface area contributed by atoms with Gasteiger partial charge in [-0.3, -0.25) is 4.79 Å². The van der Waals surface area contributed by atoms with Crippen LogP contribution in [0.1, 0.15) is 58.3 Å². The molecule has 0 radical (unpaired) electrons. The molecule has 5 nitrogen and oxygen atoms in total. The molecular weight excluding hydrogens is 308 g/mol. The number of hydrogen-bond acceptors (Lipinski definition) is 4. The second-order valence-electron chi connectivity index (χ2n) is 6.96. The highest BCUT2D eigenvalue weighted by molar-refractivity contribution is 5.66. The minimum Gasteiger partial charge on any atom is -0.495 e. The van der Waals surface area contributed by atoms with Gasteiger partial charge in [-0.1, -0.05) is 31.9 Å². The van der Waals surface area contributed by atoms with Gasteiger partial charge in [0.05, 0.1) is 18.0 Å². The molecule has 2 fully saturated rings. The molecule has 1 saturated heterocycles. The summed E-state index contributed by atoms with van der Waals surface area (Å²) in [6.45, 7) is 2.10. The lowest BCUT2D eigenvalue weighted by Gasteiger charge is -2.16. The maximum atomic E-state index is 10.5. The molecule has 1 aliphatic carbocycles. The van der Waals surface area contributed by atoms with E-state index in [1.807, 2.05) is 18.2 Å². The Labute approximate surface area is 144 Å². The molecule has 1 heterocycles. The van der Waals surface area contributed by atoms with Crippen molar-refractivity contribution in [3.8, 4) is 0 Å². The van der Waals surface area contributed by atoms with Gasteiger partial charge in [-0.2, -0.15) is 0 Å². The molecule has 0 amide bonds. The van der Waals surface area contributed by atoms with Gasteiger partial charge in [-0.25, -0.2) is 0 Å². The van der Waals surface area contributed by atoms with E-state index in [1.165, 1.54) is 0 Å². The molecule has 0 spiro atoms. The first-order valence-electron chi connectivity index (χ1n) is 9.13. The summed E-state index contributed by atoms with van der Waals surface area (Å²) in [4.78, 5) is 10.5. The lowest BCUT2D eigenvalue weighted by atomic mass is 9.90. The molecule has 0 aromatic carbocycles. The third kappa shape index (κ3) is 5.35. The molecule has 0 aromatic rings. The van der Waals surface area contributed by atoms with E-state index in [0.717, 1.165) is 31.4 Å². The van der Waals surface area contributed by atoms with E-state index in [4.69, 9.17) is 9.84 Å². The largest absolute Gasteiger partial charge is 0.495 e. The van der Waals surface area contributed by atoms with Gasteiger partial charge in [0.2, 0.25) is 0 Å². The number of aliphatic carboxylic acids is 1. The Morgan fingerprint density at radius 1 is 1.42 bits per heavy atom. The second-order valence-corrected chi connectivity index (χ2v) is 6.96. The van der Waals surface area contributed by atoms with E-state index >= 15 is 0 Å². The summed E-state index contributed by atoms with van der Waals surface area (Å²) in [6, 6.07) is 0. The molecule has 1 aliphatic heterocycles. The molecule has 0 bridgehead atoms. The summed E-state index contributed by atoms with van der Waals surface area (Å²) in [5.41, 5.74) is 0. The lowest BCUT2D eigenvalue weighted by molar-refractivity contribution is -0.137. The monoisotopic (exact) mass is 338 g/mol. The maximum Gasteiger partial charge on any atom is 0.303 e. The summed E-state index contributed by atoms with van der Waals surface area (Å²) < 4.78 is 5.92. The van der Waals surface area contributed by atoms with Crippen LogP contribution in [0.4, 0.5) is 0 Å². The number of fused-ring (bicyclic) bond motifs is 1. The van der Waals surface area contributed by atoms with E-state index < -0.39 is 18.2 Å². The van der Waals surface area contributed by atoms with E-state index in [-0.39, 0.29) is 24.4 Å². The van der Waals surface area contributed by atoms with E-state index in [9.17, 15) is 15.0 Å². The smallest absolute Gasteiger partial charge is 0.303 e. The van der Waals surface area contributed by atoms with Crippen LogP contribution in [-0.4, -0.2) is 39.6 Å². The van der Waals surface area contributed by atoms with Crippen molar-refractivity contribution in [1.82, 2.24) is 0 Å². The fraction of sp³-hybridized carbons (Fsp3) is 0.737. The van der Waals surface area contributed by atoms with Crippen molar-refractivity contribution < 1.29 is 24.9 Å². The molecule has 2 aliphatic rings. The predicted molar refractivity (Wildman–Crippen MR) is 91.3 cm³/mol. The fourth-order valence-electron chi connectivity index (χ4n) is 3.67. The van der Waals surface area contributed by atoms with Gasteiger partial charge in [0.25, 0.3) is 0 Å². The number of aliphatic hydroxyl groups is 2. The van der Waals surface area contributed by atoms with Crippen molar-refractivity contribution in [3.63, 3.8) is 0 Å². The van der Waals surface area contributed by atoms with E-state index in [0.29, 0.717) is 19.3 Å². The normalized spacial score (nSPS) is 32.2. The minimum atomic E-state index is -0.771. The van der Waals surface area contributed by atoms with Crippen molar-refractivity contribution >= 4 is 5.97 Å². The van der Waals surface area contributed by atoms with Crippen LogP contribution in [0.5, 0.6) is 0 Å². The fourth-order valence-corrected chi connectivity index (χ4v) is 3.67. The highest BCUT2D eigenvalue weighted by Crippen LogP contribution is 2.45. The Morgan fingerprint density at radius 3 is 2.92 bits per heavy atom. The molecule has 3 N–H and O–H groups in total. The summed E-state index contributed by atoms with van der Waals surface area (Å²) >= 11 is 0. The Kier molecular flexibility index (Phi) is 7.31. The number of rotatable bonds is 9. The molecule has 2 rings (SSSR count). The number of ether oxygens (including phenoxy) is 1. The summed E-state index contributed by atoms with van der Waals surface area (Å²) in [6.07, 6.45) is 10.7. The second kappa shape index (κ2) is 9.23. The predicted octanol–water partition coefficient (Wildman–Crippen LogP) is 3.02. The molecular formula is C19H30O5. The highest BCUT2D eigenvalue weighted by Gasteiger charge is 2.46. The van der Waals surface area contributed by atoms with Crippen LogP contribution in [0.3, 0.4) is 0 Å². The van der Waals surface area contributed by atoms with Crippen LogP contribution in [0.2, 0.25) is 0 Å². The summed E-state index contributed by atoms with van der Waals surface area (Å²) in [7, 11) is 0. The van der Waals surface area contributed by atoms with Crippen molar-refractivity contribution in [1.29, 1.82) is 0 Å². The summed E-state index contributed by atoms with van der Waals surface area (Å²) in [5.74, 6) is 0.427. The quantitative estimate of drug-likeness (QED) is 0.444. The van der Waals surface area contributed by atoms with Crippen LogP contribution in [-0.2, 0) is 9.53 Å². The number of hydrogen-bond donors (Lipinski definition) is 3. The molecule has 5 heteroatoms. The maximum absolute atomic E-state index is 10.5. The number of carboxylic acids is 1. The first-order chi connectivity index (χ1) is 11.5. The average molecular weight is 338 g/mol. The zero-order valence-corrected chi connectivity index (χ0v) is 14.4. The number of carbonyl (C=O) groups is 1. The Morgan fingerprint density at radius 2 is 2.21 bits per heavy atom. The van der Waals surface area contributed by atoms with Gasteiger partial charge >= 0.3 is 5.97 Å². The zero-order chi connectivity index (χ0) is 17.5. The van der Waals surface area contributed by atoms with Gasteiger partial charge < -0.3 is 20.1 Å². The third-order valence-corrected chi connectivity index (χ3v) is 5.01. The van der Waals surface area contributed by atoms with Crippen LogP contribution in [0.15, 0.2) is 24.0 Å². The van der Waals surface area contributed by atoms with Crippen molar-refractivity contribution in [2.75, 3.05) is 0 Å².